The van der Waals surface area contributed by atoms with Crippen LogP contribution in [0.15, 0.2) is 195 Å². The number of para-hydroxylation sites is 2. The number of carbonyl (C=O) groups excluding carboxylic acids is 2. The van der Waals surface area contributed by atoms with Crippen LogP contribution in [0.3, 0.4) is 0 Å². The SMILES string of the molecule is CC[C@H]1O[C@@H](n2cnc3c(OCCC#N)nc(NC(=O)COc4ccccc4)nc32)[C@@H](F)C1O[P@@]1O[C@H](C[Si](C)(c2ccccc2)c2ccccc2)[C@@H]2CCCN21.CC[C@H]1O[C@@H](n2cnc3c(OCCC#N)nc(NC(=O)COc4ccccc4)nc32)[C@@H](F)C1O[P@]1O[C@@H](C[Si](C)(c2ccccc2)c2ccccc2)[C@H]2CCCN21. The molecule has 16 rings (SSSR count). The molecule has 2 N–H and O–H groups in total. The number of carbonyl (C=O) groups is 2. The van der Waals surface area contributed by atoms with E-state index < -0.39 is 94.2 Å². The molecule has 6 fully saturated rings. The summed E-state index contributed by atoms with van der Waals surface area (Å²) in [5.74, 6) is -0.0909. The van der Waals surface area contributed by atoms with Crippen LogP contribution in [0.1, 0.15) is 77.7 Å². The quantitative estimate of drug-likeness (QED) is 0.0240. The van der Waals surface area contributed by atoms with Crippen LogP contribution in [0.4, 0.5) is 20.7 Å². The van der Waals surface area contributed by atoms with Crippen LogP contribution < -0.4 is 50.3 Å². The Balaban J connectivity index is 0.000000180. The van der Waals surface area contributed by atoms with E-state index in [2.05, 4.69) is 184 Å². The molecule has 6 aliphatic rings. The number of aromatic nitrogens is 8. The summed E-state index contributed by atoms with van der Waals surface area (Å²) in [5.41, 5.74) is 0.839. The maximum Gasteiger partial charge on any atom is 0.264 e. The molecule has 0 radical (unpaired) electrons. The van der Waals surface area contributed by atoms with Crippen molar-refractivity contribution in [3.8, 4) is 35.4 Å². The first-order valence-corrected chi connectivity index (χ1v) is 46.5. The molecule has 26 nitrogen and oxygen atoms in total. The van der Waals surface area contributed by atoms with Crippen molar-refractivity contribution >= 4 is 100.0 Å². The molecule has 592 valence electrons. The van der Waals surface area contributed by atoms with Crippen molar-refractivity contribution in [3.05, 3.63) is 195 Å². The van der Waals surface area contributed by atoms with Crippen LogP contribution in [-0.4, -0.2) is 177 Å². The molecule has 10 aromatic rings. The Morgan fingerprint density at radius 2 is 0.860 bits per heavy atom. The zero-order chi connectivity index (χ0) is 78.7. The van der Waals surface area contributed by atoms with E-state index in [0.717, 1.165) is 50.9 Å². The Labute approximate surface area is 664 Å². The fourth-order valence-corrected chi connectivity index (χ4v) is 28.0. The molecule has 0 spiro atoms. The van der Waals surface area contributed by atoms with Gasteiger partial charge in [-0.3, -0.25) is 29.4 Å². The van der Waals surface area contributed by atoms with E-state index in [1.54, 1.807) is 48.5 Å². The van der Waals surface area contributed by atoms with Crippen molar-refractivity contribution in [2.24, 2.45) is 0 Å². The standard InChI is InChI=1S/2C41H45FN7O6PSi/c2*1-3-32-37(55-56-49-23-13-21-31(49)33(54-56)26-57(2,29-17-9-5-10-18-29)30-19-11-6-12-20-30)35(42)40(53-32)48-27-44-36-38(48)46-41(47-39(36)51-24-14-22-43)45-34(50)25-52-28-15-7-4-8-16-28/h2*4-12,15-20,27,31-33,35,37,40H,3,13-14,21,23-26H2,1-2H3,(H,45,46,47,50)/t31-,32+,33+,35-,37?,40+,56+;31-,32-,33+,35+,37?,40-,56+/m01/s1. The summed E-state index contributed by atoms with van der Waals surface area (Å²) < 4.78 is 104. The van der Waals surface area contributed by atoms with Crippen LogP contribution in [-0.2, 0) is 37.2 Å². The van der Waals surface area contributed by atoms with Gasteiger partial charge in [-0.2, -0.15) is 30.5 Å². The minimum atomic E-state index is -2.24. The number of fused-ring (bicyclic) bond motifs is 4. The van der Waals surface area contributed by atoms with Crippen molar-refractivity contribution in [1.82, 2.24) is 48.4 Å². The summed E-state index contributed by atoms with van der Waals surface area (Å²) in [6, 6.07) is 67.0. The summed E-state index contributed by atoms with van der Waals surface area (Å²) >= 11 is 0. The van der Waals surface area contributed by atoms with Gasteiger partial charge in [-0.1, -0.05) is 205 Å². The number of hydrogen-bond acceptors (Lipinski definition) is 22. The van der Waals surface area contributed by atoms with Gasteiger partial charge in [-0.15, -0.1) is 0 Å². The van der Waals surface area contributed by atoms with Crippen LogP contribution in [0.2, 0.25) is 25.2 Å². The van der Waals surface area contributed by atoms with Crippen molar-refractivity contribution in [3.63, 3.8) is 0 Å². The topological polar surface area (TPSA) is 292 Å². The molecule has 2 unspecified atom stereocenters. The van der Waals surface area contributed by atoms with Gasteiger partial charge in [-0.05, 0) is 74.9 Å². The highest BCUT2D eigenvalue weighted by molar-refractivity contribution is 7.45. The average Bonchev–Trinajstić information content (AvgIpc) is 1.61. The van der Waals surface area contributed by atoms with Crippen LogP contribution in [0.5, 0.6) is 23.3 Å². The second-order valence-corrected chi connectivity index (χ2v) is 40.5. The second-order valence-electron chi connectivity index (χ2n) is 29.2. The van der Waals surface area contributed by atoms with Crippen molar-refractivity contribution < 1.29 is 64.9 Å². The van der Waals surface area contributed by atoms with Crippen molar-refractivity contribution in [2.45, 2.75) is 164 Å². The van der Waals surface area contributed by atoms with E-state index in [9.17, 15) is 9.59 Å². The third-order valence-electron chi connectivity index (χ3n) is 21.9. The van der Waals surface area contributed by atoms with Gasteiger partial charge in [0.2, 0.25) is 23.7 Å². The van der Waals surface area contributed by atoms with Crippen molar-refractivity contribution in [1.29, 1.82) is 10.5 Å². The number of imidazole rings is 2. The predicted octanol–water partition coefficient (Wildman–Crippen LogP) is 12.3. The van der Waals surface area contributed by atoms with Crippen LogP contribution in [0, 0.1) is 22.7 Å². The zero-order valence-corrected chi connectivity index (χ0v) is 67.4. The number of halogens is 2. The maximum absolute atomic E-state index is 17.0. The number of rotatable bonds is 30. The zero-order valence-electron chi connectivity index (χ0n) is 63.6. The molecule has 6 saturated heterocycles. The number of nitriles is 2. The Hall–Kier alpha value is -9.63. The molecule has 0 saturated carbocycles. The maximum atomic E-state index is 17.0. The van der Waals surface area contributed by atoms with E-state index in [1.165, 1.54) is 42.5 Å². The third kappa shape index (κ3) is 17.3. The minimum absolute atomic E-state index is 0.0276. The number of hydrogen-bond donors (Lipinski definition) is 2. The Morgan fingerprint density at radius 1 is 0.509 bits per heavy atom. The molecule has 0 bridgehead atoms. The van der Waals surface area contributed by atoms with Gasteiger partial charge in [0, 0.05) is 25.2 Å². The van der Waals surface area contributed by atoms with Crippen molar-refractivity contribution in [2.75, 3.05) is 50.2 Å². The molecule has 6 aliphatic heterocycles. The smallest absolute Gasteiger partial charge is 0.264 e. The van der Waals surface area contributed by atoms with E-state index in [-0.39, 0.29) is 110 Å². The Morgan fingerprint density at radius 3 is 1.20 bits per heavy atom. The largest absolute Gasteiger partial charge is 0.484 e. The highest BCUT2D eigenvalue weighted by atomic mass is 31.2. The summed E-state index contributed by atoms with van der Waals surface area (Å²) in [5, 5.41) is 28.9. The lowest BCUT2D eigenvalue weighted by molar-refractivity contribution is -0.118. The second kappa shape index (κ2) is 36.5. The molecule has 10 heterocycles. The number of anilines is 2. The number of alkyl halides is 2. The first-order chi connectivity index (χ1) is 55.7. The van der Waals surface area contributed by atoms with Gasteiger partial charge in [0.25, 0.3) is 28.9 Å². The molecular formula is C82H90F2N14O12P2Si2. The first kappa shape index (κ1) is 79.6. The van der Waals surface area contributed by atoms with Crippen LogP contribution >= 0.6 is 17.1 Å². The summed E-state index contributed by atoms with van der Waals surface area (Å²) in [7, 11) is -7.61. The summed E-state index contributed by atoms with van der Waals surface area (Å²) in [4.78, 5) is 52.6. The molecule has 0 aliphatic carbocycles. The number of amides is 2. The lowest BCUT2D eigenvalue weighted by atomic mass is 10.1. The van der Waals surface area contributed by atoms with Gasteiger partial charge < -0.3 is 46.5 Å². The number of benzene rings is 6. The predicted molar refractivity (Wildman–Crippen MR) is 431 cm³/mol. The molecule has 4 aromatic heterocycles. The van der Waals surface area contributed by atoms with E-state index in [0.29, 0.717) is 24.3 Å². The molecule has 6 aromatic carbocycles. The van der Waals surface area contributed by atoms with Gasteiger partial charge in [0.15, 0.2) is 60.3 Å². The lowest BCUT2D eigenvalue weighted by Gasteiger charge is -2.32. The number of nitrogens with zero attached hydrogens (tertiary/aromatic N) is 12. The highest BCUT2D eigenvalue weighted by Gasteiger charge is 2.57. The fraction of sp³-hybridized carbons (Fsp3) is 0.390. The highest BCUT2D eigenvalue weighted by Crippen LogP contribution is 2.61. The monoisotopic (exact) mass is 1620 g/mol. The fourth-order valence-electron chi connectivity index (χ4n) is 16.0. The molecule has 114 heavy (non-hydrogen) atoms. The lowest BCUT2D eigenvalue weighted by Crippen LogP contribution is -2.58. The van der Waals surface area contributed by atoms with Gasteiger partial charge >= 0.3 is 0 Å². The van der Waals surface area contributed by atoms with E-state index >= 15 is 8.78 Å². The molecular weight excluding hydrogens is 1530 g/mol. The summed E-state index contributed by atoms with van der Waals surface area (Å²) in [6.45, 7) is 9.83. The van der Waals surface area contributed by atoms with Gasteiger partial charge in [0.1, 0.15) is 53.1 Å². The van der Waals surface area contributed by atoms with Crippen LogP contribution in [0.25, 0.3) is 22.3 Å². The summed E-state index contributed by atoms with van der Waals surface area (Å²) in [6.07, 6.45) is -0.547. The number of nitrogens with one attached hydrogen (secondary N) is 2. The Kier molecular flexibility index (Phi) is 25.5. The first-order valence-electron chi connectivity index (χ1n) is 38.8. The molecule has 14 atom stereocenters. The number of ether oxygens (including phenoxy) is 6. The normalized spacial score (nSPS) is 24.6. The van der Waals surface area contributed by atoms with E-state index in [4.69, 9.17) is 57.0 Å². The Bertz CT molecular complexity index is 4600. The molecule has 32 heteroatoms. The van der Waals surface area contributed by atoms with Gasteiger partial charge in [0.05, 0.1) is 62.1 Å². The molecule has 2 amide bonds. The van der Waals surface area contributed by atoms with E-state index in [1.807, 2.05) is 38.1 Å². The third-order valence-corrected chi connectivity index (χ3v) is 34.3. The minimum Gasteiger partial charge on any atom is -0.484 e. The van der Waals surface area contributed by atoms with Gasteiger partial charge in [-0.25, -0.2) is 28.1 Å². The average molecular weight is 1620 g/mol.